The van der Waals surface area contributed by atoms with Crippen LogP contribution in [0.25, 0.3) is 27.6 Å². The van der Waals surface area contributed by atoms with Crippen molar-refractivity contribution >= 4 is 22.8 Å². The fraction of sp³-hybridized carbons (Fsp3) is 0.310. The van der Waals surface area contributed by atoms with Gasteiger partial charge in [-0.15, -0.1) is 4.91 Å². The fourth-order valence-corrected chi connectivity index (χ4v) is 4.95. The number of hydrogen-bond acceptors (Lipinski definition) is 7. The number of aromatic hydroxyl groups is 2. The molecule has 1 aromatic heterocycles. The Balaban J connectivity index is 2.09. The van der Waals surface area contributed by atoms with E-state index in [1.807, 2.05) is 0 Å². The van der Waals surface area contributed by atoms with Crippen LogP contribution in [0.5, 0.6) is 17.5 Å². The number of hydrogen-bond donors (Lipinski definition) is 2. The molecule has 0 atom stereocenters. The third-order valence-electron chi connectivity index (χ3n) is 6.63. The molecule has 2 aromatic rings. The third kappa shape index (κ3) is 4.79. The molecule has 4 rings (SSSR count). The number of aromatic nitrogens is 1. The lowest BCUT2D eigenvalue weighted by atomic mass is 9.99. The van der Waals surface area contributed by atoms with Gasteiger partial charge in [0.2, 0.25) is 11.8 Å². The summed E-state index contributed by atoms with van der Waals surface area (Å²) in [4.78, 5) is 35.6. The number of fused-ring (bicyclic) bond motifs is 2. The second-order valence-corrected chi connectivity index (χ2v) is 9.08. The van der Waals surface area contributed by atoms with Gasteiger partial charge in [-0.1, -0.05) is 38.3 Å². The van der Waals surface area contributed by atoms with Crippen molar-refractivity contribution in [3.05, 3.63) is 64.1 Å². The molecule has 9 nitrogen and oxygen atoms in total. The summed E-state index contributed by atoms with van der Waals surface area (Å²) in [5.74, 6) is -1.28. The Hall–Kier alpha value is -4.40. The second-order valence-electron chi connectivity index (χ2n) is 9.08. The smallest absolute Gasteiger partial charge is 0.494 e. The molecule has 0 saturated heterocycles. The normalized spacial score (nSPS) is 11.1. The summed E-state index contributed by atoms with van der Waals surface area (Å²) in [6, 6.07) is 11.4. The Bertz CT molecular complexity index is 1450. The molecular formula is C29H30N2O7. The molecule has 198 valence electrons. The van der Waals surface area contributed by atoms with Gasteiger partial charge in [0.25, 0.3) is 0 Å². The molecule has 38 heavy (non-hydrogen) atoms. The minimum absolute atomic E-state index is 0.0617. The van der Waals surface area contributed by atoms with Crippen LogP contribution in [0.1, 0.15) is 61.0 Å². The van der Waals surface area contributed by atoms with E-state index in [1.54, 1.807) is 50.2 Å². The summed E-state index contributed by atoms with van der Waals surface area (Å²) in [5, 5.41) is 25.9. The van der Waals surface area contributed by atoms with Gasteiger partial charge < -0.3 is 19.7 Å². The van der Waals surface area contributed by atoms with E-state index >= 15 is 0 Å². The van der Waals surface area contributed by atoms with Crippen molar-refractivity contribution < 1.29 is 29.3 Å². The van der Waals surface area contributed by atoms with Gasteiger partial charge in [0, 0.05) is 27.1 Å². The molecular weight excluding hydrogens is 488 g/mol. The van der Waals surface area contributed by atoms with Gasteiger partial charge >= 0.3 is 12.1 Å². The van der Waals surface area contributed by atoms with Crippen LogP contribution in [-0.4, -0.2) is 33.4 Å². The summed E-state index contributed by atoms with van der Waals surface area (Å²) in [7, 11) is 0. The molecule has 0 radical (unpaired) electrons. The predicted octanol–water partition coefficient (Wildman–Crippen LogP) is 7.02. The summed E-state index contributed by atoms with van der Waals surface area (Å²) in [6.45, 7) is 5.62. The summed E-state index contributed by atoms with van der Waals surface area (Å²) < 4.78 is 12.1. The first kappa shape index (κ1) is 26.7. The van der Waals surface area contributed by atoms with E-state index in [-0.39, 0.29) is 29.7 Å². The predicted molar refractivity (Wildman–Crippen MR) is 144 cm³/mol. The SMILES string of the molecule is CCCCCCc1c2c(C)cc(C(=O)N=O)ccc-2c(OC(=O)OCC)c1-n1c(O)c2ccccc2c1O. The van der Waals surface area contributed by atoms with Crippen LogP contribution < -0.4 is 4.74 Å². The number of nitrogens with zero attached hydrogens (tertiary/aromatic N) is 2. The molecule has 0 aliphatic heterocycles. The summed E-state index contributed by atoms with van der Waals surface area (Å²) in [6.07, 6.45) is 3.38. The maximum absolute atomic E-state index is 12.6. The zero-order chi connectivity index (χ0) is 27.4. The number of benzene rings is 1. The molecule has 1 heterocycles. The third-order valence-corrected chi connectivity index (χ3v) is 6.63. The first-order chi connectivity index (χ1) is 18.3. The van der Waals surface area contributed by atoms with E-state index in [1.165, 1.54) is 10.6 Å². The van der Waals surface area contributed by atoms with Crippen LogP contribution in [0.3, 0.4) is 0 Å². The first-order valence-corrected chi connectivity index (χ1v) is 12.7. The van der Waals surface area contributed by atoms with E-state index < -0.39 is 12.1 Å². The van der Waals surface area contributed by atoms with Gasteiger partial charge in [-0.05, 0) is 73.7 Å². The Labute approximate surface area is 219 Å². The Morgan fingerprint density at radius 3 is 2.26 bits per heavy atom. The molecule has 2 aliphatic rings. The van der Waals surface area contributed by atoms with Gasteiger partial charge in [0.15, 0.2) is 5.75 Å². The molecule has 0 spiro atoms. The molecule has 2 N–H and O–H groups in total. The van der Waals surface area contributed by atoms with Crippen LogP contribution in [0, 0.1) is 11.8 Å². The largest absolute Gasteiger partial charge is 0.513 e. The maximum Gasteiger partial charge on any atom is 0.513 e. The molecule has 0 bridgehead atoms. The highest BCUT2D eigenvalue weighted by atomic mass is 16.7. The van der Waals surface area contributed by atoms with Crippen molar-refractivity contribution in [1.29, 1.82) is 0 Å². The zero-order valence-electron chi connectivity index (χ0n) is 21.6. The van der Waals surface area contributed by atoms with Crippen molar-refractivity contribution in [1.82, 2.24) is 4.57 Å². The van der Waals surface area contributed by atoms with E-state index in [2.05, 4.69) is 12.1 Å². The topological polar surface area (TPSA) is 127 Å². The molecule has 1 amide bonds. The van der Waals surface area contributed by atoms with Crippen LogP contribution in [-0.2, 0) is 11.2 Å². The van der Waals surface area contributed by atoms with Crippen LogP contribution >= 0.6 is 0 Å². The molecule has 2 aliphatic carbocycles. The number of ether oxygens (including phenoxy) is 2. The highest BCUT2D eigenvalue weighted by molar-refractivity contribution is 5.99. The van der Waals surface area contributed by atoms with Gasteiger partial charge in [-0.2, -0.15) is 0 Å². The summed E-state index contributed by atoms with van der Waals surface area (Å²) in [5.41, 5.74) is 2.89. The average molecular weight is 519 g/mol. The Morgan fingerprint density at radius 2 is 1.66 bits per heavy atom. The standard InChI is InChI=1S/C29H30N2O7/c1-4-6-7-8-13-21-23-17(3)16-18(26(32)30-36)14-15-22(23)25(38-29(35)37-5-2)24(21)31-27(33)19-11-9-10-12-20(19)28(31)34/h9-12,14-16,33-34H,4-8,13H2,1-3H3. The van der Waals surface area contributed by atoms with E-state index in [0.29, 0.717) is 45.1 Å². The number of amides is 1. The average Bonchev–Trinajstić information content (AvgIpc) is 3.25. The summed E-state index contributed by atoms with van der Waals surface area (Å²) >= 11 is 0. The lowest BCUT2D eigenvalue weighted by Gasteiger charge is -2.13. The second kappa shape index (κ2) is 11.3. The number of carbonyl (C=O) groups excluding carboxylic acids is 2. The molecule has 1 aromatic carbocycles. The molecule has 0 saturated carbocycles. The van der Waals surface area contributed by atoms with E-state index in [0.717, 1.165) is 25.7 Å². The van der Waals surface area contributed by atoms with Crippen molar-refractivity contribution in [2.24, 2.45) is 5.18 Å². The lowest BCUT2D eigenvalue weighted by molar-refractivity contribution is 0.0998. The van der Waals surface area contributed by atoms with Crippen LogP contribution in [0.2, 0.25) is 0 Å². The number of aryl methyl sites for hydroxylation is 1. The number of carbonyl (C=O) groups is 2. The lowest BCUT2D eigenvalue weighted by Crippen LogP contribution is -2.11. The van der Waals surface area contributed by atoms with Crippen molar-refractivity contribution in [3.63, 3.8) is 0 Å². The maximum atomic E-state index is 12.6. The highest BCUT2D eigenvalue weighted by Gasteiger charge is 2.32. The van der Waals surface area contributed by atoms with Crippen molar-refractivity contribution in [2.45, 2.75) is 52.9 Å². The molecule has 0 fully saturated rings. The van der Waals surface area contributed by atoms with Gasteiger partial charge in [-0.3, -0.25) is 4.79 Å². The molecule has 9 heteroatoms. The monoisotopic (exact) mass is 518 g/mol. The Morgan fingerprint density at radius 1 is 0.974 bits per heavy atom. The van der Waals surface area contributed by atoms with Gasteiger partial charge in [0.1, 0.15) is 0 Å². The van der Waals surface area contributed by atoms with Gasteiger partial charge in [0.05, 0.1) is 12.3 Å². The van der Waals surface area contributed by atoms with Crippen LogP contribution in [0.4, 0.5) is 4.79 Å². The number of rotatable bonds is 9. The minimum Gasteiger partial charge on any atom is -0.494 e. The van der Waals surface area contributed by atoms with Gasteiger partial charge in [-0.25, -0.2) is 9.36 Å². The number of unbranched alkanes of at least 4 members (excludes halogenated alkanes) is 3. The van der Waals surface area contributed by atoms with Crippen molar-refractivity contribution in [3.8, 4) is 34.3 Å². The first-order valence-electron chi connectivity index (χ1n) is 12.7. The van der Waals surface area contributed by atoms with Crippen molar-refractivity contribution in [2.75, 3.05) is 6.61 Å². The van der Waals surface area contributed by atoms with E-state index in [9.17, 15) is 24.7 Å². The molecule has 0 unspecified atom stereocenters. The zero-order valence-corrected chi connectivity index (χ0v) is 21.6. The highest BCUT2D eigenvalue weighted by Crippen LogP contribution is 2.51. The Kier molecular flexibility index (Phi) is 7.95. The fourth-order valence-electron chi connectivity index (χ4n) is 4.95. The van der Waals surface area contributed by atoms with Crippen LogP contribution in [0.15, 0.2) is 47.6 Å². The minimum atomic E-state index is -0.955. The quantitative estimate of drug-likeness (QED) is 0.138. The number of nitroso groups, excluding NO2 is 1. The van der Waals surface area contributed by atoms with E-state index in [4.69, 9.17) is 9.47 Å².